The minimum absolute atomic E-state index is 0.168. The van der Waals surface area contributed by atoms with Gasteiger partial charge < -0.3 is 14.6 Å². The number of hydrogen-bond acceptors (Lipinski definition) is 5. The van der Waals surface area contributed by atoms with Crippen LogP contribution < -0.4 is 10.6 Å². The number of carbonyl (C=O) groups is 3. The third-order valence-corrected chi connectivity index (χ3v) is 7.60. The number of ether oxygens (including phenoxy) is 1. The zero-order valence-electron chi connectivity index (χ0n) is 16.6. The molecule has 0 spiro atoms. The molecule has 6 rings (SSSR count). The number of nitrogens with zero attached hydrogens (tertiary/aromatic N) is 1. The summed E-state index contributed by atoms with van der Waals surface area (Å²) in [6.45, 7) is -0.490. The van der Waals surface area contributed by atoms with Gasteiger partial charge in [0.15, 0.2) is 6.61 Å². The van der Waals surface area contributed by atoms with E-state index in [4.69, 9.17) is 4.74 Å². The molecule has 4 aliphatic carbocycles. The van der Waals surface area contributed by atoms with Crippen LogP contribution in [0.25, 0.3) is 5.69 Å². The van der Waals surface area contributed by atoms with E-state index in [1.54, 1.807) is 5.38 Å². The van der Waals surface area contributed by atoms with Gasteiger partial charge >= 0.3 is 12.0 Å². The Labute approximate surface area is 178 Å². The van der Waals surface area contributed by atoms with Crippen molar-refractivity contribution in [2.45, 2.75) is 44.1 Å². The molecular weight excluding hydrogens is 402 g/mol. The lowest BCUT2D eigenvalue weighted by atomic mass is 9.53. The van der Waals surface area contributed by atoms with Crippen LogP contribution in [0, 0.1) is 17.8 Å². The Bertz CT molecular complexity index is 930. The van der Waals surface area contributed by atoms with Crippen LogP contribution in [0.5, 0.6) is 0 Å². The number of nitrogens with one attached hydrogen (secondary N) is 2. The van der Waals surface area contributed by atoms with Gasteiger partial charge in [-0.1, -0.05) is 0 Å². The summed E-state index contributed by atoms with van der Waals surface area (Å²) in [6, 6.07) is 5.06. The van der Waals surface area contributed by atoms with Crippen LogP contribution in [0.1, 0.15) is 48.2 Å². The van der Waals surface area contributed by atoms with Crippen LogP contribution in [-0.2, 0) is 9.53 Å². The van der Waals surface area contributed by atoms with E-state index in [2.05, 4.69) is 10.6 Å². The van der Waals surface area contributed by atoms with Crippen molar-refractivity contribution in [1.82, 2.24) is 15.2 Å². The fourth-order valence-electron chi connectivity index (χ4n) is 6.05. The van der Waals surface area contributed by atoms with E-state index in [0.717, 1.165) is 19.3 Å². The van der Waals surface area contributed by atoms with Crippen LogP contribution in [0.2, 0.25) is 0 Å². The molecule has 4 aliphatic rings. The van der Waals surface area contributed by atoms with E-state index in [1.165, 1.54) is 30.6 Å². The van der Waals surface area contributed by atoms with Gasteiger partial charge in [0.05, 0.1) is 5.69 Å². The molecule has 0 saturated heterocycles. The van der Waals surface area contributed by atoms with Crippen LogP contribution in [0.15, 0.2) is 36.0 Å². The van der Waals surface area contributed by atoms with E-state index in [1.807, 2.05) is 35.2 Å². The average molecular weight is 428 g/mol. The Hall–Kier alpha value is -2.61. The normalized spacial score (nSPS) is 28.9. The van der Waals surface area contributed by atoms with E-state index in [0.29, 0.717) is 28.3 Å². The summed E-state index contributed by atoms with van der Waals surface area (Å²) in [5, 5.41) is 7.21. The van der Waals surface area contributed by atoms with Gasteiger partial charge in [-0.2, -0.15) is 0 Å². The van der Waals surface area contributed by atoms with Crippen LogP contribution in [0.3, 0.4) is 0 Å². The molecule has 8 heteroatoms. The number of amides is 3. The lowest BCUT2D eigenvalue weighted by molar-refractivity contribution is -0.123. The Morgan fingerprint density at radius 1 is 1.07 bits per heavy atom. The number of thiophene rings is 1. The fourth-order valence-corrected chi connectivity index (χ4v) is 6.83. The molecule has 0 aromatic carbocycles. The lowest BCUT2D eigenvalue weighted by Crippen LogP contribution is -2.62. The molecule has 2 N–H and O–H groups in total. The largest absolute Gasteiger partial charge is 0.451 e. The van der Waals surface area contributed by atoms with E-state index < -0.39 is 24.5 Å². The maximum absolute atomic E-state index is 12.4. The smallest absolute Gasteiger partial charge is 0.350 e. The second-order valence-electron chi connectivity index (χ2n) is 9.00. The molecule has 2 aromatic heterocycles. The molecule has 4 bridgehead atoms. The topological polar surface area (TPSA) is 89.4 Å². The first-order valence-electron chi connectivity index (χ1n) is 10.5. The Morgan fingerprint density at radius 3 is 2.33 bits per heavy atom. The summed E-state index contributed by atoms with van der Waals surface area (Å²) >= 11 is 1.25. The third kappa shape index (κ3) is 3.76. The van der Waals surface area contributed by atoms with Gasteiger partial charge in [0.25, 0.3) is 5.91 Å². The molecule has 0 aliphatic heterocycles. The Balaban J connectivity index is 1.13. The van der Waals surface area contributed by atoms with Crippen LogP contribution >= 0.6 is 11.3 Å². The van der Waals surface area contributed by atoms with E-state index in [9.17, 15) is 14.4 Å². The van der Waals surface area contributed by atoms with E-state index in [-0.39, 0.29) is 5.54 Å². The zero-order chi connectivity index (χ0) is 20.7. The maximum atomic E-state index is 12.4. The molecule has 3 amide bonds. The molecule has 4 saturated carbocycles. The molecule has 7 nitrogen and oxygen atoms in total. The van der Waals surface area contributed by atoms with Gasteiger partial charge in [-0.05, 0) is 79.9 Å². The molecule has 2 aromatic rings. The van der Waals surface area contributed by atoms with Crippen molar-refractivity contribution in [2.75, 3.05) is 6.61 Å². The summed E-state index contributed by atoms with van der Waals surface area (Å²) in [6.07, 6.45) is 10.5. The standard InChI is InChI=1S/C22H25N3O4S/c26-18(13-29-20(27)19-17(3-6-30-19)25-4-1-2-5-25)23-21(28)24-22-10-14-7-15(11-22)9-16(8-14)12-22/h1-6,14-16H,7-13H2,(H2,23,24,26,28). The number of urea groups is 1. The highest BCUT2D eigenvalue weighted by molar-refractivity contribution is 7.12. The number of aromatic nitrogens is 1. The minimum Gasteiger partial charge on any atom is -0.451 e. The van der Waals surface area contributed by atoms with E-state index >= 15 is 0 Å². The van der Waals surface area contributed by atoms with Gasteiger partial charge in [-0.3, -0.25) is 10.1 Å². The zero-order valence-corrected chi connectivity index (χ0v) is 17.5. The fraction of sp³-hybridized carbons (Fsp3) is 0.500. The van der Waals surface area contributed by atoms with Crippen molar-refractivity contribution in [3.63, 3.8) is 0 Å². The second-order valence-corrected chi connectivity index (χ2v) is 9.92. The molecule has 2 heterocycles. The molecule has 30 heavy (non-hydrogen) atoms. The van der Waals surface area contributed by atoms with Crippen LogP contribution in [0.4, 0.5) is 4.79 Å². The van der Waals surface area contributed by atoms with Crippen molar-refractivity contribution in [1.29, 1.82) is 0 Å². The first-order chi connectivity index (χ1) is 14.5. The van der Waals surface area contributed by atoms with Crippen molar-refractivity contribution < 1.29 is 19.1 Å². The summed E-state index contributed by atoms with van der Waals surface area (Å²) in [5.41, 5.74) is 0.535. The van der Waals surface area contributed by atoms with Crippen LogP contribution in [-0.4, -0.2) is 34.6 Å². The summed E-state index contributed by atoms with van der Waals surface area (Å²) in [4.78, 5) is 37.4. The van der Waals surface area contributed by atoms with Crippen molar-refractivity contribution >= 4 is 29.2 Å². The number of hydrogen-bond donors (Lipinski definition) is 2. The summed E-state index contributed by atoms with van der Waals surface area (Å²) < 4.78 is 6.96. The van der Waals surface area contributed by atoms with Gasteiger partial charge in [0, 0.05) is 17.9 Å². The lowest BCUT2D eigenvalue weighted by Gasteiger charge is -2.56. The van der Waals surface area contributed by atoms with Gasteiger partial charge in [-0.25, -0.2) is 9.59 Å². The highest BCUT2D eigenvalue weighted by Crippen LogP contribution is 2.55. The summed E-state index contributed by atoms with van der Waals surface area (Å²) in [5.74, 6) is 0.908. The number of imide groups is 1. The number of rotatable bonds is 5. The number of carbonyl (C=O) groups excluding carboxylic acids is 3. The highest BCUT2D eigenvalue weighted by Gasteiger charge is 2.51. The third-order valence-electron chi connectivity index (χ3n) is 6.72. The summed E-state index contributed by atoms with van der Waals surface area (Å²) in [7, 11) is 0. The Kier molecular flexibility index (Phi) is 4.89. The first-order valence-corrected chi connectivity index (χ1v) is 11.4. The molecule has 0 radical (unpaired) electrons. The highest BCUT2D eigenvalue weighted by atomic mass is 32.1. The quantitative estimate of drug-likeness (QED) is 0.715. The molecule has 0 atom stereocenters. The first kappa shape index (κ1) is 19.4. The van der Waals surface area contributed by atoms with Crippen molar-refractivity contribution in [2.24, 2.45) is 17.8 Å². The minimum atomic E-state index is -0.621. The SMILES string of the molecule is O=C(COC(=O)c1sccc1-n1cccc1)NC(=O)NC12CC3CC(CC(C3)C1)C2. The second kappa shape index (κ2) is 7.58. The molecule has 158 valence electrons. The van der Waals surface area contributed by atoms with Gasteiger partial charge in [0.1, 0.15) is 4.88 Å². The number of esters is 1. The molecular formula is C22H25N3O4S. The van der Waals surface area contributed by atoms with Gasteiger partial charge in [-0.15, -0.1) is 11.3 Å². The van der Waals surface area contributed by atoms with Crippen molar-refractivity contribution in [3.8, 4) is 5.69 Å². The monoisotopic (exact) mass is 427 g/mol. The maximum Gasteiger partial charge on any atom is 0.350 e. The molecule has 0 unspecified atom stereocenters. The Morgan fingerprint density at radius 2 is 1.70 bits per heavy atom. The predicted molar refractivity (Wildman–Crippen MR) is 112 cm³/mol. The average Bonchev–Trinajstić information content (AvgIpc) is 3.35. The van der Waals surface area contributed by atoms with Crippen molar-refractivity contribution in [3.05, 3.63) is 40.8 Å². The molecule has 4 fully saturated rings. The predicted octanol–water partition coefficient (Wildman–Crippen LogP) is 3.49. The van der Waals surface area contributed by atoms with Gasteiger partial charge in [0.2, 0.25) is 0 Å².